The predicted molar refractivity (Wildman–Crippen MR) is 123 cm³/mol. The highest BCUT2D eigenvalue weighted by atomic mass is 16.2. The molecule has 0 aliphatic heterocycles. The summed E-state index contributed by atoms with van der Waals surface area (Å²) in [5.41, 5.74) is 1.36. The molecule has 0 fully saturated rings. The largest absolute Gasteiger partial charge is 0.345 e. The van der Waals surface area contributed by atoms with Crippen LogP contribution in [0.4, 0.5) is 5.69 Å². The Balaban J connectivity index is 1.41. The third-order valence-corrected chi connectivity index (χ3v) is 4.84. The van der Waals surface area contributed by atoms with E-state index in [1.165, 1.54) is 6.07 Å². The van der Waals surface area contributed by atoms with Crippen molar-refractivity contribution in [3.63, 3.8) is 0 Å². The monoisotopic (exact) mass is 451 g/mol. The molecule has 0 radical (unpaired) electrons. The van der Waals surface area contributed by atoms with Crippen molar-refractivity contribution in [1.82, 2.24) is 29.9 Å². The van der Waals surface area contributed by atoms with E-state index in [0.29, 0.717) is 31.7 Å². The van der Waals surface area contributed by atoms with Crippen molar-refractivity contribution in [2.75, 3.05) is 5.32 Å². The number of hydrogen-bond donors (Lipinski definition) is 2. The summed E-state index contributed by atoms with van der Waals surface area (Å²) in [5, 5.41) is 13.4. The van der Waals surface area contributed by atoms with Gasteiger partial charge in [0.1, 0.15) is 0 Å². The minimum Gasteiger partial charge on any atom is -0.345 e. The zero-order valence-electron chi connectivity index (χ0n) is 18.9. The number of pyridine rings is 2. The second-order valence-corrected chi connectivity index (χ2v) is 8.17. The molecule has 0 unspecified atom stereocenters. The van der Waals surface area contributed by atoms with Gasteiger partial charge in [-0.2, -0.15) is 0 Å². The van der Waals surface area contributed by atoms with Crippen molar-refractivity contribution in [3.8, 4) is 0 Å². The highest BCUT2D eigenvalue weighted by Crippen LogP contribution is 2.07. The molecule has 3 rings (SSSR count). The summed E-state index contributed by atoms with van der Waals surface area (Å²) in [5.74, 6) is -0.147. The average Bonchev–Trinajstić information content (AvgIpc) is 3.25. The second-order valence-electron chi connectivity index (χ2n) is 8.17. The van der Waals surface area contributed by atoms with Crippen molar-refractivity contribution in [2.24, 2.45) is 5.92 Å². The SMILES string of the molecule is CC(C)CC(=O)Nc1ccn(CCCCn2cc(C(=O)NCc3ccccn3)nn2)c(=O)c1. The summed E-state index contributed by atoms with van der Waals surface area (Å²) >= 11 is 0. The maximum Gasteiger partial charge on any atom is 0.273 e. The number of rotatable bonds is 11. The lowest BCUT2D eigenvalue weighted by atomic mass is 10.1. The smallest absolute Gasteiger partial charge is 0.273 e. The first-order valence-corrected chi connectivity index (χ1v) is 11.0. The van der Waals surface area contributed by atoms with E-state index in [1.54, 1.807) is 33.9 Å². The molecular formula is C23H29N7O3. The first-order chi connectivity index (χ1) is 15.9. The number of carbonyl (C=O) groups excluding carboxylic acids is 2. The fourth-order valence-corrected chi connectivity index (χ4v) is 3.18. The van der Waals surface area contributed by atoms with Gasteiger partial charge in [-0.05, 0) is 37.0 Å². The van der Waals surface area contributed by atoms with E-state index < -0.39 is 0 Å². The first-order valence-electron chi connectivity index (χ1n) is 11.0. The molecule has 0 bridgehead atoms. The van der Waals surface area contributed by atoms with Gasteiger partial charge in [-0.25, -0.2) is 0 Å². The van der Waals surface area contributed by atoms with Crippen LogP contribution in [0.5, 0.6) is 0 Å². The maximum atomic E-state index is 12.3. The van der Waals surface area contributed by atoms with Gasteiger partial charge in [-0.1, -0.05) is 25.1 Å². The lowest BCUT2D eigenvalue weighted by molar-refractivity contribution is -0.116. The van der Waals surface area contributed by atoms with Gasteiger partial charge < -0.3 is 15.2 Å². The van der Waals surface area contributed by atoms with Gasteiger partial charge in [-0.3, -0.25) is 24.0 Å². The predicted octanol–water partition coefficient (Wildman–Crippen LogP) is 2.23. The summed E-state index contributed by atoms with van der Waals surface area (Å²) < 4.78 is 3.22. The van der Waals surface area contributed by atoms with Crippen LogP contribution in [0.1, 0.15) is 49.3 Å². The van der Waals surface area contributed by atoms with Gasteiger partial charge in [0, 0.05) is 43.7 Å². The molecular weight excluding hydrogens is 422 g/mol. The molecule has 10 heteroatoms. The van der Waals surface area contributed by atoms with Crippen molar-refractivity contribution >= 4 is 17.5 Å². The minimum absolute atomic E-state index is 0.0974. The van der Waals surface area contributed by atoms with Gasteiger partial charge in [0.25, 0.3) is 11.5 Å². The molecule has 0 saturated carbocycles. The molecule has 2 amide bonds. The van der Waals surface area contributed by atoms with Crippen LogP contribution in [0.2, 0.25) is 0 Å². The zero-order valence-corrected chi connectivity index (χ0v) is 18.9. The lowest BCUT2D eigenvalue weighted by Crippen LogP contribution is -2.23. The minimum atomic E-state index is -0.306. The van der Waals surface area contributed by atoms with E-state index in [9.17, 15) is 14.4 Å². The Morgan fingerprint density at radius 1 is 1.12 bits per heavy atom. The van der Waals surface area contributed by atoms with Crippen LogP contribution < -0.4 is 16.2 Å². The van der Waals surface area contributed by atoms with Gasteiger partial charge in [-0.15, -0.1) is 5.10 Å². The van der Waals surface area contributed by atoms with E-state index in [2.05, 4.69) is 25.9 Å². The molecule has 3 aromatic heterocycles. The standard InChI is InChI=1S/C23H29N7O3/c1-17(2)13-21(31)26-18-8-12-29(22(32)14-18)10-5-6-11-30-16-20(27-28-30)23(33)25-15-19-7-3-4-9-24-19/h3-4,7-9,12,14,16-17H,5-6,10-11,13,15H2,1-2H3,(H,25,33)(H,26,31). The number of amides is 2. The molecule has 0 spiro atoms. The number of nitrogens with one attached hydrogen (secondary N) is 2. The quantitative estimate of drug-likeness (QED) is 0.431. The normalized spacial score (nSPS) is 10.9. The second kappa shape index (κ2) is 11.7. The summed E-state index contributed by atoms with van der Waals surface area (Å²) in [6.07, 6.45) is 6.89. The molecule has 174 valence electrons. The Labute approximate surface area is 192 Å². The number of anilines is 1. The van der Waals surface area contributed by atoms with Gasteiger partial charge in [0.2, 0.25) is 5.91 Å². The van der Waals surface area contributed by atoms with Crippen molar-refractivity contribution in [1.29, 1.82) is 0 Å². The summed E-state index contributed by atoms with van der Waals surface area (Å²) in [7, 11) is 0. The number of aromatic nitrogens is 5. The fourth-order valence-electron chi connectivity index (χ4n) is 3.18. The lowest BCUT2D eigenvalue weighted by Gasteiger charge is -2.09. The molecule has 0 aliphatic carbocycles. The summed E-state index contributed by atoms with van der Waals surface area (Å²) in [6.45, 7) is 5.39. The van der Waals surface area contributed by atoms with Crippen LogP contribution in [0.15, 0.2) is 53.7 Å². The van der Waals surface area contributed by atoms with Crippen LogP contribution in [0, 0.1) is 5.92 Å². The fraction of sp³-hybridized carbons (Fsp3) is 0.391. The van der Waals surface area contributed by atoms with E-state index >= 15 is 0 Å². The van der Waals surface area contributed by atoms with Crippen LogP contribution in [0.3, 0.4) is 0 Å². The Morgan fingerprint density at radius 3 is 2.67 bits per heavy atom. The summed E-state index contributed by atoms with van der Waals surface area (Å²) in [6, 6.07) is 8.67. The van der Waals surface area contributed by atoms with Crippen molar-refractivity contribution in [3.05, 3.63) is 70.7 Å². The molecule has 33 heavy (non-hydrogen) atoms. The van der Waals surface area contributed by atoms with E-state index in [1.807, 2.05) is 32.0 Å². The third kappa shape index (κ3) is 7.67. The highest BCUT2D eigenvalue weighted by molar-refractivity contribution is 5.91. The first kappa shape index (κ1) is 23.8. The summed E-state index contributed by atoms with van der Waals surface area (Å²) in [4.78, 5) is 40.5. The van der Waals surface area contributed by atoms with Crippen LogP contribution in [-0.2, 0) is 24.4 Å². The Kier molecular flexibility index (Phi) is 8.45. The number of aryl methyl sites for hydroxylation is 2. The number of nitrogens with zero attached hydrogens (tertiary/aromatic N) is 5. The van der Waals surface area contributed by atoms with E-state index in [-0.39, 0.29) is 29.0 Å². The molecule has 0 aromatic carbocycles. The molecule has 3 heterocycles. The number of carbonyl (C=O) groups is 2. The zero-order chi connectivity index (χ0) is 23.6. The van der Waals surface area contributed by atoms with Crippen molar-refractivity contribution in [2.45, 2.75) is 52.7 Å². The van der Waals surface area contributed by atoms with Crippen LogP contribution >= 0.6 is 0 Å². The van der Waals surface area contributed by atoms with Crippen LogP contribution in [-0.4, -0.2) is 36.4 Å². The van der Waals surface area contributed by atoms with E-state index in [4.69, 9.17) is 0 Å². The molecule has 2 N–H and O–H groups in total. The number of hydrogen-bond acceptors (Lipinski definition) is 6. The van der Waals surface area contributed by atoms with Gasteiger partial charge in [0.05, 0.1) is 18.4 Å². The van der Waals surface area contributed by atoms with Crippen molar-refractivity contribution < 1.29 is 9.59 Å². The Morgan fingerprint density at radius 2 is 1.94 bits per heavy atom. The van der Waals surface area contributed by atoms with E-state index in [0.717, 1.165) is 18.5 Å². The van der Waals surface area contributed by atoms with Crippen LogP contribution in [0.25, 0.3) is 0 Å². The third-order valence-electron chi connectivity index (χ3n) is 4.84. The number of unbranched alkanes of at least 4 members (excludes halogenated alkanes) is 1. The topological polar surface area (TPSA) is 124 Å². The van der Waals surface area contributed by atoms with Gasteiger partial charge >= 0.3 is 0 Å². The molecule has 0 atom stereocenters. The Bertz CT molecular complexity index is 1120. The molecule has 3 aromatic rings. The molecule has 0 aliphatic rings. The van der Waals surface area contributed by atoms with Gasteiger partial charge in [0.15, 0.2) is 5.69 Å². The molecule has 0 saturated heterocycles. The molecule has 10 nitrogen and oxygen atoms in total. The maximum absolute atomic E-state index is 12.3. The average molecular weight is 452 g/mol. The highest BCUT2D eigenvalue weighted by Gasteiger charge is 2.11. The Hall–Kier alpha value is -3.82.